The van der Waals surface area contributed by atoms with Gasteiger partial charge in [0.2, 0.25) is 0 Å². The number of hydrogen-bond donors (Lipinski definition) is 0. The summed E-state index contributed by atoms with van der Waals surface area (Å²) < 4.78 is 2.12. The molecule has 19 heavy (non-hydrogen) atoms. The van der Waals surface area contributed by atoms with Gasteiger partial charge in [0.1, 0.15) is 0 Å². The number of imidazole rings is 1. The molecule has 0 amide bonds. The molecule has 0 saturated heterocycles. The number of benzene rings is 1. The van der Waals surface area contributed by atoms with Crippen molar-refractivity contribution < 1.29 is 0 Å². The molecule has 1 aromatic carbocycles. The molecule has 0 bridgehead atoms. The van der Waals surface area contributed by atoms with Gasteiger partial charge in [-0.2, -0.15) is 0 Å². The lowest BCUT2D eigenvalue weighted by Gasteiger charge is -2.25. The zero-order valence-electron chi connectivity index (χ0n) is 11.7. The standard InChI is InChI=1S/C16H21N3/c1-12-7-3-4-8-13(12)17-11-16-18-14-9-5-6-10-15(14)19(16)2/h5-6,9-13H,3-4,7-8H2,1-2H3/b17-11+. The number of aromatic nitrogens is 2. The number of para-hydroxylation sites is 2. The van der Waals surface area contributed by atoms with E-state index >= 15 is 0 Å². The molecule has 1 saturated carbocycles. The second-order valence-corrected chi connectivity index (χ2v) is 5.62. The van der Waals surface area contributed by atoms with Crippen molar-refractivity contribution in [2.45, 2.75) is 38.6 Å². The number of fused-ring (bicyclic) bond motifs is 1. The van der Waals surface area contributed by atoms with Gasteiger partial charge in [0, 0.05) is 7.05 Å². The monoisotopic (exact) mass is 255 g/mol. The predicted molar refractivity (Wildman–Crippen MR) is 79.7 cm³/mol. The first kappa shape index (κ1) is 12.4. The maximum absolute atomic E-state index is 4.78. The van der Waals surface area contributed by atoms with E-state index in [-0.39, 0.29) is 0 Å². The average molecular weight is 255 g/mol. The van der Waals surface area contributed by atoms with E-state index in [0.29, 0.717) is 12.0 Å². The van der Waals surface area contributed by atoms with Crippen molar-refractivity contribution in [3.8, 4) is 0 Å². The van der Waals surface area contributed by atoms with E-state index in [0.717, 1.165) is 11.3 Å². The van der Waals surface area contributed by atoms with Crippen molar-refractivity contribution in [2.24, 2.45) is 18.0 Å². The minimum absolute atomic E-state index is 0.480. The highest BCUT2D eigenvalue weighted by Crippen LogP contribution is 2.26. The van der Waals surface area contributed by atoms with E-state index in [1.807, 2.05) is 18.3 Å². The molecule has 1 aliphatic carbocycles. The van der Waals surface area contributed by atoms with E-state index in [2.05, 4.69) is 35.7 Å². The second-order valence-electron chi connectivity index (χ2n) is 5.62. The molecule has 2 unspecified atom stereocenters. The minimum atomic E-state index is 0.480. The quantitative estimate of drug-likeness (QED) is 0.754. The summed E-state index contributed by atoms with van der Waals surface area (Å²) in [5.41, 5.74) is 2.21. The van der Waals surface area contributed by atoms with Crippen molar-refractivity contribution in [1.29, 1.82) is 0 Å². The third-order valence-electron chi connectivity index (χ3n) is 4.27. The van der Waals surface area contributed by atoms with E-state index in [9.17, 15) is 0 Å². The lowest BCUT2D eigenvalue weighted by molar-refractivity contribution is 0.333. The molecular weight excluding hydrogens is 234 g/mol. The zero-order chi connectivity index (χ0) is 13.2. The number of hydrogen-bond acceptors (Lipinski definition) is 2. The molecule has 100 valence electrons. The third kappa shape index (κ3) is 2.42. The Hall–Kier alpha value is -1.64. The molecule has 1 heterocycles. The maximum atomic E-state index is 4.78. The fourth-order valence-corrected chi connectivity index (χ4v) is 2.96. The molecular formula is C16H21N3. The molecule has 1 aliphatic rings. The number of rotatable bonds is 2. The van der Waals surface area contributed by atoms with Crippen molar-refractivity contribution in [1.82, 2.24) is 9.55 Å². The fourth-order valence-electron chi connectivity index (χ4n) is 2.96. The van der Waals surface area contributed by atoms with Crippen LogP contribution in [0.25, 0.3) is 11.0 Å². The van der Waals surface area contributed by atoms with E-state index in [4.69, 9.17) is 4.99 Å². The highest BCUT2D eigenvalue weighted by atomic mass is 15.1. The Morgan fingerprint density at radius 3 is 2.84 bits per heavy atom. The molecule has 0 aliphatic heterocycles. The highest BCUT2D eigenvalue weighted by molar-refractivity contribution is 5.84. The van der Waals surface area contributed by atoms with Crippen LogP contribution in [-0.4, -0.2) is 21.8 Å². The summed E-state index contributed by atoms with van der Waals surface area (Å²) in [5.74, 6) is 1.67. The van der Waals surface area contributed by atoms with Crippen LogP contribution >= 0.6 is 0 Å². The Morgan fingerprint density at radius 1 is 1.26 bits per heavy atom. The fraction of sp³-hybridized carbons (Fsp3) is 0.500. The summed E-state index contributed by atoms with van der Waals surface area (Å²) in [4.78, 5) is 9.42. The Labute approximate surface area is 114 Å². The smallest absolute Gasteiger partial charge is 0.151 e. The van der Waals surface area contributed by atoms with Crippen molar-refractivity contribution in [2.75, 3.05) is 0 Å². The summed E-state index contributed by atoms with van der Waals surface area (Å²) in [6.45, 7) is 2.32. The van der Waals surface area contributed by atoms with E-state index in [1.54, 1.807) is 0 Å². The summed E-state index contributed by atoms with van der Waals surface area (Å²) in [6, 6.07) is 8.71. The molecule has 1 aromatic heterocycles. The molecule has 2 atom stereocenters. The van der Waals surface area contributed by atoms with Gasteiger partial charge in [0.25, 0.3) is 0 Å². The molecule has 0 radical (unpaired) electrons. The van der Waals surface area contributed by atoms with Crippen LogP contribution in [0.4, 0.5) is 0 Å². The number of aliphatic imine (C=N–C) groups is 1. The van der Waals surface area contributed by atoms with Crippen molar-refractivity contribution >= 4 is 17.2 Å². The normalized spacial score (nSPS) is 24.3. The Morgan fingerprint density at radius 2 is 2.05 bits per heavy atom. The largest absolute Gasteiger partial charge is 0.326 e. The van der Waals surface area contributed by atoms with E-state index in [1.165, 1.54) is 31.2 Å². The summed E-state index contributed by atoms with van der Waals surface area (Å²) in [6.07, 6.45) is 7.17. The highest BCUT2D eigenvalue weighted by Gasteiger charge is 2.19. The van der Waals surface area contributed by atoms with Gasteiger partial charge in [-0.25, -0.2) is 4.98 Å². The maximum Gasteiger partial charge on any atom is 0.151 e. The number of nitrogens with zero attached hydrogens (tertiary/aromatic N) is 3. The van der Waals surface area contributed by atoms with Gasteiger partial charge >= 0.3 is 0 Å². The van der Waals surface area contributed by atoms with Crippen LogP contribution < -0.4 is 0 Å². The first-order valence-corrected chi connectivity index (χ1v) is 7.20. The summed E-state index contributed by atoms with van der Waals surface area (Å²) >= 11 is 0. The second kappa shape index (κ2) is 5.16. The summed E-state index contributed by atoms with van der Waals surface area (Å²) in [7, 11) is 2.06. The predicted octanol–water partition coefficient (Wildman–Crippen LogP) is 3.57. The van der Waals surface area contributed by atoms with Crippen LogP contribution in [0.3, 0.4) is 0 Å². The van der Waals surface area contributed by atoms with Crippen LogP contribution in [0.2, 0.25) is 0 Å². The Bertz CT molecular complexity index is 597. The van der Waals surface area contributed by atoms with Crippen molar-refractivity contribution in [3.05, 3.63) is 30.1 Å². The van der Waals surface area contributed by atoms with Crippen LogP contribution in [0.1, 0.15) is 38.4 Å². The van der Waals surface area contributed by atoms with Crippen molar-refractivity contribution in [3.63, 3.8) is 0 Å². The summed E-state index contributed by atoms with van der Waals surface area (Å²) in [5, 5.41) is 0. The van der Waals surface area contributed by atoms with Gasteiger partial charge in [0.15, 0.2) is 5.82 Å². The minimum Gasteiger partial charge on any atom is -0.326 e. The zero-order valence-corrected chi connectivity index (χ0v) is 11.7. The van der Waals surface area contributed by atoms with Crippen LogP contribution in [0, 0.1) is 5.92 Å². The molecule has 3 nitrogen and oxygen atoms in total. The lowest BCUT2D eigenvalue weighted by atomic mass is 9.86. The third-order valence-corrected chi connectivity index (χ3v) is 4.27. The molecule has 2 aromatic rings. The first-order valence-electron chi connectivity index (χ1n) is 7.20. The number of aryl methyl sites for hydroxylation is 1. The van der Waals surface area contributed by atoms with Crippen LogP contribution in [-0.2, 0) is 7.05 Å². The topological polar surface area (TPSA) is 30.2 Å². The van der Waals surface area contributed by atoms with Gasteiger partial charge < -0.3 is 4.57 Å². The van der Waals surface area contributed by atoms with Gasteiger partial charge in [-0.1, -0.05) is 31.9 Å². The Balaban J connectivity index is 1.86. The van der Waals surface area contributed by atoms with Gasteiger partial charge in [-0.15, -0.1) is 0 Å². The van der Waals surface area contributed by atoms with Crippen LogP contribution in [0.15, 0.2) is 29.3 Å². The molecule has 3 rings (SSSR count). The van der Waals surface area contributed by atoms with Crippen LogP contribution in [0.5, 0.6) is 0 Å². The first-order chi connectivity index (χ1) is 9.25. The SMILES string of the molecule is CC1CCCCC1/N=C/c1nc2ccccc2n1C. The molecule has 0 spiro atoms. The molecule has 0 N–H and O–H groups in total. The average Bonchev–Trinajstić information content (AvgIpc) is 2.75. The lowest BCUT2D eigenvalue weighted by Crippen LogP contribution is -2.20. The molecule has 1 fully saturated rings. The van der Waals surface area contributed by atoms with Gasteiger partial charge in [0.05, 0.1) is 23.3 Å². The van der Waals surface area contributed by atoms with E-state index < -0.39 is 0 Å². The molecule has 3 heteroatoms. The van der Waals surface area contributed by atoms with Gasteiger partial charge in [-0.05, 0) is 30.9 Å². The Kier molecular flexibility index (Phi) is 3.36. The van der Waals surface area contributed by atoms with Gasteiger partial charge in [-0.3, -0.25) is 4.99 Å².